The zero-order chi connectivity index (χ0) is 10.4. The number of rotatable bonds is 6. The number of hydrogen-bond acceptors (Lipinski definition) is 3. The molecular weight excluding hydrogens is 178 g/mol. The fourth-order valence-electron chi connectivity index (χ4n) is 1.57. The summed E-state index contributed by atoms with van der Waals surface area (Å²) in [6.45, 7) is 4.34. The summed E-state index contributed by atoms with van der Waals surface area (Å²) in [6, 6.07) is 4.05. The zero-order valence-electron chi connectivity index (χ0n) is 8.86. The van der Waals surface area contributed by atoms with Crippen LogP contribution >= 0.6 is 0 Å². The van der Waals surface area contributed by atoms with Crippen molar-refractivity contribution in [1.29, 1.82) is 0 Å². The van der Waals surface area contributed by atoms with Gasteiger partial charge in [-0.3, -0.25) is 0 Å². The summed E-state index contributed by atoms with van der Waals surface area (Å²) in [6.07, 6.45) is 3.88. The Hall–Kier alpha value is -0.800. The van der Waals surface area contributed by atoms with E-state index in [0.717, 1.165) is 18.6 Å². The fraction of sp³-hybridized carbons (Fsp3) is 0.636. The van der Waals surface area contributed by atoms with Crippen LogP contribution < -0.4 is 5.32 Å². The number of aliphatic hydroxyl groups excluding tert-OH is 1. The van der Waals surface area contributed by atoms with Gasteiger partial charge in [0.2, 0.25) is 0 Å². The molecule has 0 bridgehead atoms. The van der Waals surface area contributed by atoms with Gasteiger partial charge in [0.05, 0.1) is 18.9 Å². The second-order valence-electron chi connectivity index (χ2n) is 3.61. The summed E-state index contributed by atoms with van der Waals surface area (Å²) in [4.78, 5) is 0. The Morgan fingerprint density at radius 3 is 2.86 bits per heavy atom. The van der Waals surface area contributed by atoms with Crippen molar-refractivity contribution in [3.05, 3.63) is 24.2 Å². The first-order valence-electron chi connectivity index (χ1n) is 5.18. The van der Waals surface area contributed by atoms with E-state index in [1.165, 1.54) is 0 Å². The van der Waals surface area contributed by atoms with Crippen molar-refractivity contribution >= 4 is 0 Å². The lowest BCUT2D eigenvalue weighted by Gasteiger charge is -2.19. The molecule has 0 radical (unpaired) electrons. The molecule has 2 N–H and O–H groups in total. The van der Waals surface area contributed by atoms with E-state index >= 15 is 0 Å². The van der Waals surface area contributed by atoms with E-state index in [2.05, 4.69) is 19.2 Å². The molecule has 3 nitrogen and oxygen atoms in total. The van der Waals surface area contributed by atoms with Crippen LogP contribution in [0.2, 0.25) is 0 Å². The first-order chi connectivity index (χ1) is 6.77. The molecule has 0 aliphatic rings. The van der Waals surface area contributed by atoms with Crippen LogP contribution in [0.4, 0.5) is 0 Å². The van der Waals surface area contributed by atoms with E-state index in [4.69, 9.17) is 4.42 Å². The van der Waals surface area contributed by atoms with Crippen LogP contribution in [0.1, 0.15) is 38.5 Å². The molecule has 0 saturated carbocycles. The second kappa shape index (κ2) is 5.83. The minimum atomic E-state index is -0.0773. The number of nitrogens with one attached hydrogen (secondary N) is 1. The SMILES string of the molecule is CCCC(C)NC(CO)c1ccco1. The number of hydrogen-bond donors (Lipinski definition) is 2. The van der Waals surface area contributed by atoms with E-state index in [1.54, 1.807) is 6.26 Å². The first kappa shape index (κ1) is 11.3. The van der Waals surface area contributed by atoms with Crippen molar-refractivity contribution in [1.82, 2.24) is 5.32 Å². The summed E-state index contributed by atoms with van der Waals surface area (Å²) >= 11 is 0. The predicted molar refractivity (Wildman–Crippen MR) is 56.0 cm³/mol. The molecule has 1 aromatic rings. The molecule has 3 heteroatoms. The summed E-state index contributed by atoms with van der Waals surface area (Å²) in [5.41, 5.74) is 0. The van der Waals surface area contributed by atoms with E-state index in [0.29, 0.717) is 6.04 Å². The molecule has 1 heterocycles. The van der Waals surface area contributed by atoms with Gasteiger partial charge in [0, 0.05) is 6.04 Å². The Labute approximate surface area is 85.1 Å². The van der Waals surface area contributed by atoms with Crippen LogP contribution in [0.3, 0.4) is 0 Å². The quantitative estimate of drug-likeness (QED) is 0.734. The van der Waals surface area contributed by atoms with Gasteiger partial charge in [-0.15, -0.1) is 0 Å². The second-order valence-corrected chi connectivity index (χ2v) is 3.61. The van der Waals surface area contributed by atoms with Gasteiger partial charge in [-0.1, -0.05) is 13.3 Å². The molecule has 0 saturated heterocycles. The molecule has 0 spiro atoms. The van der Waals surface area contributed by atoms with Crippen molar-refractivity contribution in [3.63, 3.8) is 0 Å². The third kappa shape index (κ3) is 3.16. The summed E-state index contributed by atoms with van der Waals surface area (Å²) < 4.78 is 5.24. The largest absolute Gasteiger partial charge is 0.468 e. The third-order valence-electron chi connectivity index (χ3n) is 2.28. The van der Waals surface area contributed by atoms with Crippen molar-refractivity contribution in [2.75, 3.05) is 6.61 Å². The van der Waals surface area contributed by atoms with Crippen LogP contribution in [0.25, 0.3) is 0 Å². The summed E-state index contributed by atoms with van der Waals surface area (Å²) in [7, 11) is 0. The molecule has 0 fully saturated rings. The lowest BCUT2D eigenvalue weighted by molar-refractivity contribution is 0.215. The Morgan fingerprint density at radius 2 is 2.36 bits per heavy atom. The highest BCUT2D eigenvalue weighted by atomic mass is 16.3. The monoisotopic (exact) mass is 197 g/mol. The van der Waals surface area contributed by atoms with Gasteiger partial charge >= 0.3 is 0 Å². The maximum absolute atomic E-state index is 9.19. The van der Waals surface area contributed by atoms with E-state index in [-0.39, 0.29) is 12.6 Å². The van der Waals surface area contributed by atoms with Crippen molar-refractivity contribution in [3.8, 4) is 0 Å². The molecular formula is C11H19NO2. The molecule has 14 heavy (non-hydrogen) atoms. The Kier molecular flexibility index (Phi) is 4.70. The van der Waals surface area contributed by atoms with Crippen LogP contribution in [0.5, 0.6) is 0 Å². The van der Waals surface area contributed by atoms with Gasteiger partial charge in [-0.05, 0) is 25.5 Å². The molecule has 0 aromatic carbocycles. The number of furan rings is 1. The van der Waals surface area contributed by atoms with Crippen LogP contribution in [-0.2, 0) is 0 Å². The van der Waals surface area contributed by atoms with Crippen molar-refractivity contribution < 1.29 is 9.52 Å². The maximum Gasteiger partial charge on any atom is 0.123 e. The smallest absolute Gasteiger partial charge is 0.123 e. The average Bonchev–Trinajstić information content (AvgIpc) is 2.67. The highest BCUT2D eigenvalue weighted by Gasteiger charge is 2.14. The van der Waals surface area contributed by atoms with Crippen LogP contribution in [-0.4, -0.2) is 17.8 Å². The summed E-state index contributed by atoms with van der Waals surface area (Å²) in [5, 5.41) is 12.5. The topological polar surface area (TPSA) is 45.4 Å². The Balaban J connectivity index is 2.47. The van der Waals surface area contributed by atoms with Gasteiger partial charge in [0.15, 0.2) is 0 Å². The van der Waals surface area contributed by atoms with Gasteiger partial charge in [0.1, 0.15) is 5.76 Å². The molecule has 80 valence electrons. The maximum atomic E-state index is 9.19. The highest BCUT2D eigenvalue weighted by molar-refractivity contribution is 5.04. The van der Waals surface area contributed by atoms with Crippen LogP contribution in [0.15, 0.2) is 22.8 Å². The van der Waals surface area contributed by atoms with Crippen molar-refractivity contribution in [2.24, 2.45) is 0 Å². The lowest BCUT2D eigenvalue weighted by Crippen LogP contribution is -2.32. The predicted octanol–water partition coefficient (Wildman–Crippen LogP) is 2.09. The molecule has 2 atom stereocenters. The standard InChI is InChI=1S/C11H19NO2/c1-3-5-9(2)12-10(8-13)11-6-4-7-14-11/h4,6-7,9-10,12-13H,3,5,8H2,1-2H3. The van der Waals surface area contributed by atoms with Gasteiger partial charge < -0.3 is 14.8 Å². The normalized spacial score (nSPS) is 15.4. The Bertz CT molecular complexity index is 233. The van der Waals surface area contributed by atoms with Crippen molar-refractivity contribution in [2.45, 2.75) is 38.8 Å². The minimum Gasteiger partial charge on any atom is -0.468 e. The molecule has 0 aliphatic carbocycles. The molecule has 0 aliphatic heterocycles. The van der Waals surface area contributed by atoms with E-state index in [9.17, 15) is 5.11 Å². The minimum absolute atomic E-state index is 0.0710. The lowest BCUT2D eigenvalue weighted by atomic mass is 10.1. The molecule has 1 rings (SSSR count). The first-order valence-corrected chi connectivity index (χ1v) is 5.18. The van der Waals surface area contributed by atoms with E-state index in [1.807, 2.05) is 12.1 Å². The summed E-state index contributed by atoms with van der Waals surface area (Å²) in [5.74, 6) is 0.801. The van der Waals surface area contributed by atoms with Crippen LogP contribution in [0, 0.1) is 0 Å². The van der Waals surface area contributed by atoms with Gasteiger partial charge in [-0.2, -0.15) is 0 Å². The molecule has 0 amide bonds. The fourth-order valence-corrected chi connectivity index (χ4v) is 1.57. The third-order valence-corrected chi connectivity index (χ3v) is 2.28. The van der Waals surface area contributed by atoms with E-state index < -0.39 is 0 Å². The molecule has 1 aromatic heterocycles. The molecule has 2 unspecified atom stereocenters. The highest BCUT2D eigenvalue weighted by Crippen LogP contribution is 2.14. The van der Waals surface area contributed by atoms with Gasteiger partial charge in [0.25, 0.3) is 0 Å². The zero-order valence-corrected chi connectivity index (χ0v) is 8.86. The number of aliphatic hydroxyl groups is 1. The van der Waals surface area contributed by atoms with Gasteiger partial charge in [-0.25, -0.2) is 0 Å². The Morgan fingerprint density at radius 1 is 1.57 bits per heavy atom. The average molecular weight is 197 g/mol.